The second kappa shape index (κ2) is 3.81. The fourth-order valence-electron chi connectivity index (χ4n) is 0.963. The van der Waals surface area contributed by atoms with Gasteiger partial charge in [-0.3, -0.25) is 0 Å². The SMILES string of the molecule is Clc1nccc(Cc2nccs2)n1. The van der Waals surface area contributed by atoms with Gasteiger partial charge in [0, 0.05) is 24.2 Å². The number of hydrogen-bond acceptors (Lipinski definition) is 4. The Morgan fingerprint density at radius 1 is 1.31 bits per heavy atom. The molecule has 2 rings (SSSR count). The highest BCUT2D eigenvalue weighted by Gasteiger charge is 2.00. The van der Waals surface area contributed by atoms with E-state index in [1.807, 2.05) is 11.4 Å². The van der Waals surface area contributed by atoms with Gasteiger partial charge in [-0.25, -0.2) is 15.0 Å². The molecule has 0 amide bonds. The molecule has 0 aliphatic carbocycles. The Kier molecular flexibility index (Phi) is 2.52. The summed E-state index contributed by atoms with van der Waals surface area (Å²) in [5.74, 6) is 0. The summed E-state index contributed by atoms with van der Waals surface area (Å²) in [5, 5.41) is 3.27. The first-order chi connectivity index (χ1) is 6.34. The number of nitrogens with zero attached hydrogens (tertiary/aromatic N) is 3. The largest absolute Gasteiger partial charge is 0.249 e. The van der Waals surface area contributed by atoms with Gasteiger partial charge in [0.05, 0.1) is 10.7 Å². The third-order valence-corrected chi connectivity index (χ3v) is 2.46. The Morgan fingerprint density at radius 2 is 2.23 bits per heavy atom. The van der Waals surface area contributed by atoms with E-state index in [2.05, 4.69) is 15.0 Å². The Hall–Kier alpha value is -1.00. The van der Waals surface area contributed by atoms with E-state index >= 15 is 0 Å². The van der Waals surface area contributed by atoms with Crippen LogP contribution in [0.1, 0.15) is 10.7 Å². The predicted molar refractivity (Wildman–Crippen MR) is 52.0 cm³/mol. The van der Waals surface area contributed by atoms with Gasteiger partial charge in [-0.1, -0.05) is 0 Å². The van der Waals surface area contributed by atoms with Crippen molar-refractivity contribution in [2.24, 2.45) is 0 Å². The fourth-order valence-corrected chi connectivity index (χ4v) is 1.76. The molecule has 2 heterocycles. The van der Waals surface area contributed by atoms with Crippen molar-refractivity contribution < 1.29 is 0 Å². The molecule has 0 atom stereocenters. The van der Waals surface area contributed by atoms with Crippen LogP contribution < -0.4 is 0 Å². The zero-order valence-corrected chi connectivity index (χ0v) is 8.22. The van der Waals surface area contributed by atoms with Gasteiger partial charge in [-0.2, -0.15) is 0 Å². The normalized spacial score (nSPS) is 10.2. The number of aromatic nitrogens is 3. The second-order valence-electron chi connectivity index (χ2n) is 2.42. The van der Waals surface area contributed by atoms with Crippen molar-refractivity contribution in [3.8, 4) is 0 Å². The van der Waals surface area contributed by atoms with Gasteiger partial charge in [-0.05, 0) is 17.7 Å². The summed E-state index contributed by atoms with van der Waals surface area (Å²) in [6, 6.07) is 1.84. The minimum Gasteiger partial charge on any atom is -0.249 e. The standard InChI is InChI=1S/C8H6ClN3S/c9-8-11-2-1-6(12-8)5-7-10-3-4-13-7/h1-4H,5H2. The quantitative estimate of drug-likeness (QED) is 0.715. The van der Waals surface area contributed by atoms with Crippen LogP contribution in [0.25, 0.3) is 0 Å². The van der Waals surface area contributed by atoms with Crippen molar-refractivity contribution in [3.05, 3.63) is 39.8 Å². The highest BCUT2D eigenvalue weighted by atomic mass is 35.5. The van der Waals surface area contributed by atoms with Crippen LogP contribution in [0.4, 0.5) is 0 Å². The van der Waals surface area contributed by atoms with Crippen molar-refractivity contribution >= 4 is 22.9 Å². The van der Waals surface area contributed by atoms with Gasteiger partial charge in [0.25, 0.3) is 0 Å². The van der Waals surface area contributed by atoms with E-state index in [1.165, 1.54) is 0 Å². The van der Waals surface area contributed by atoms with Gasteiger partial charge in [-0.15, -0.1) is 11.3 Å². The lowest BCUT2D eigenvalue weighted by atomic mass is 10.3. The maximum Gasteiger partial charge on any atom is 0.222 e. The summed E-state index contributed by atoms with van der Waals surface area (Å²) < 4.78 is 0. The Morgan fingerprint density at radius 3 is 2.92 bits per heavy atom. The highest BCUT2D eigenvalue weighted by molar-refractivity contribution is 7.09. The van der Waals surface area contributed by atoms with Crippen molar-refractivity contribution in [1.82, 2.24) is 15.0 Å². The molecule has 0 fully saturated rings. The molecule has 0 aliphatic heterocycles. The van der Waals surface area contributed by atoms with E-state index < -0.39 is 0 Å². The minimum absolute atomic E-state index is 0.286. The summed E-state index contributed by atoms with van der Waals surface area (Å²) in [4.78, 5) is 12.0. The molecular formula is C8H6ClN3S. The molecule has 2 aromatic heterocycles. The Bertz CT molecular complexity index is 388. The van der Waals surface area contributed by atoms with Gasteiger partial charge >= 0.3 is 0 Å². The molecule has 0 radical (unpaired) electrons. The van der Waals surface area contributed by atoms with E-state index in [0.717, 1.165) is 17.1 Å². The summed E-state index contributed by atoms with van der Waals surface area (Å²) in [6.45, 7) is 0. The van der Waals surface area contributed by atoms with Crippen LogP contribution in [-0.4, -0.2) is 15.0 Å². The molecule has 13 heavy (non-hydrogen) atoms. The van der Waals surface area contributed by atoms with Crippen LogP contribution in [0.2, 0.25) is 5.28 Å². The topological polar surface area (TPSA) is 38.7 Å². The van der Waals surface area contributed by atoms with Gasteiger partial charge in [0.2, 0.25) is 5.28 Å². The van der Waals surface area contributed by atoms with Crippen LogP contribution >= 0.6 is 22.9 Å². The molecule has 0 aliphatic rings. The van der Waals surface area contributed by atoms with Crippen LogP contribution in [0.15, 0.2) is 23.8 Å². The molecule has 0 saturated heterocycles. The summed E-state index contributed by atoms with van der Waals surface area (Å²) in [6.07, 6.45) is 4.15. The number of halogens is 1. The summed E-state index contributed by atoms with van der Waals surface area (Å²) >= 11 is 7.25. The van der Waals surface area contributed by atoms with E-state index in [0.29, 0.717) is 0 Å². The Labute approximate surface area is 84.5 Å². The van der Waals surface area contributed by atoms with E-state index in [4.69, 9.17) is 11.6 Å². The van der Waals surface area contributed by atoms with Crippen LogP contribution in [0.3, 0.4) is 0 Å². The summed E-state index contributed by atoms with van der Waals surface area (Å²) in [7, 11) is 0. The van der Waals surface area contributed by atoms with Gasteiger partial charge in [0.1, 0.15) is 0 Å². The third-order valence-electron chi connectivity index (χ3n) is 1.50. The molecule has 0 bridgehead atoms. The first kappa shape index (κ1) is 8.59. The van der Waals surface area contributed by atoms with E-state index in [1.54, 1.807) is 23.7 Å². The molecule has 3 nitrogen and oxygen atoms in total. The lowest BCUT2D eigenvalue weighted by Crippen LogP contribution is -1.92. The first-order valence-corrected chi connectivity index (χ1v) is 4.96. The van der Waals surface area contributed by atoms with Crippen molar-refractivity contribution in [2.75, 3.05) is 0 Å². The van der Waals surface area contributed by atoms with Crippen LogP contribution in [0, 0.1) is 0 Å². The smallest absolute Gasteiger partial charge is 0.222 e. The number of rotatable bonds is 2. The average molecular weight is 212 g/mol. The molecule has 0 aromatic carbocycles. The fraction of sp³-hybridized carbons (Fsp3) is 0.125. The van der Waals surface area contributed by atoms with Gasteiger partial charge < -0.3 is 0 Å². The summed E-state index contributed by atoms with van der Waals surface area (Å²) in [5.41, 5.74) is 0.898. The van der Waals surface area contributed by atoms with Crippen molar-refractivity contribution in [2.45, 2.75) is 6.42 Å². The van der Waals surface area contributed by atoms with E-state index in [9.17, 15) is 0 Å². The molecule has 5 heteroatoms. The third kappa shape index (κ3) is 2.23. The van der Waals surface area contributed by atoms with Crippen LogP contribution in [0.5, 0.6) is 0 Å². The predicted octanol–water partition coefficient (Wildman–Crippen LogP) is 2.18. The maximum absolute atomic E-state index is 5.65. The van der Waals surface area contributed by atoms with E-state index in [-0.39, 0.29) is 5.28 Å². The zero-order valence-electron chi connectivity index (χ0n) is 6.64. The molecule has 0 N–H and O–H groups in total. The maximum atomic E-state index is 5.65. The molecule has 0 saturated carbocycles. The first-order valence-electron chi connectivity index (χ1n) is 3.70. The van der Waals surface area contributed by atoms with Crippen molar-refractivity contribution in [1.29, 1.82) is 0 Å². The molecular weight excluding hydrogens is 206 g/mol. The molecule has 2 aromatic rings. The molecule has 66 valence electrons. The number of hydrogen-bond donors (Lipinski definition) is 0. The molecule has 0 spiro atoms. The lowest BCUT2D eigenvalue weighted by molar-refractivity contribution is 1.01. The van der Waals surface area contributed by atoms with Crippen LogP contribution in [-0.2, 0) is 6.42 Å². The van der Waals surface area contributed by atoms with Gasteiger partial charge in [0.15, 0.2) is 0 Å². The lowest BCUT2D eigenvalue weighted by Gasteiger charge is -1.95. The average Bonchev–Trinajstić information content (AvgIpc) is 2.57. The highest BCUT2D eigenvalue weighted by Crippen LogP contribution is 2.10. The van der Waals surface area contributed by atoms with Crippen molar-refractivity contribution in [3.63, 3.8) is 0 Å². The Balaban J connectivity index is 2.19. The monoisotopic (exact) mass is 211 g/mol. The molecule has 0 unspecified atom stereocenters. The second-order valence-corrected chi connectivity index (χ2v) is 3.74. The minimum atomic E-state index is 0.286. The zero-order chi connectivity index (χ0) is 9.10. The number of thiazole rings is 1.